The Kier molecular flexibility index (Phi) is 5.15. The van der Waals surface area contributed by atoms with E-state index in [1.54, 1.807) is 0 Å². The standard InChI is InChI=1S/C20H24ClN/c1-2-3-15-4-6-16(7-5-15)17-8-10-18(11-9-17)19-12-13-20(21)22-14-19/h8-16H,2-7H2,1H3/t15-,16-. The zero-order valence-electron chi connectivity index (χ0n) is 13.3. The minimum Gasteiger partial charge on any atom is -0.244 e. The van der Waals surface area contributed by atoms with Crippen LogP contribution < -0.4 is 0 Å². The van der Waals surface area contributed by atoms with Crippen LogP contribution in [0.4, 0.5) is 0 Å². The Hall–Kier alpha value is -1.34. The van der Waals surface area contributed by atoms with E-state index >= 15 is 0 Å². The van der Waals surface area contributed by atoms with Crippen molar-refractivity contribution in [3.8, 4) is 11.1 Å². The second-order valence-electron chi connectivity index (χ2n) is 6.50. The highest BCUT2D eigenvalue weighted by Crippen LogP contribution is 2.37. The first-order valence-corrected chi connectivity index (χ1v) is 8.86. The van der Waals surface area contributed by atoms with Crippen LogP contribution in [0, 0.1) is 5.92 Å². The molecule has 22 heavy (non-hydrogen) atoms. The number of hydrogen-bond acceptors (Lipinski definition) is 1. The maximum atomic E-state index is 5.85. The Balaban J connectivity index is 1.66. The van der Waals surface area contributed by atoms with Crippen molar-refractivity contribution < 1.29 is 0 Å². The lowest BCUT2D eigenvalue weighted by Gasteiger charge is -2.28. The first-order chi connectivity index (χ1) is 10.8. The highest BCUT2D eigenvalue weighted by Gasteiger charge is 2.21. The van der Waals surface area contributed by atoms with Crippen LogP contribution >= 0.6 is 11.6 Å². The molecule has 1 saturated carbocycles. The normalized spacial score (nSPS) is 21.7. The van der Waals surface area contributed by atoms with Crippen LogP contribution in [0.2, 0.25) is 5.15 Å². The summed E-state index contributed by atoms with van der Waals surface area (Å²) in [6.07, 6.45) is 10.1. The van der Waals surface area contributed by atoms with E-state index in [-0.39, 0.29) is 0 Å². The van der Waals surface area contributed by atoms with E-state index < -0.39 is 0 Å². The van der Waals surface area contributed by atoms with Crippen LogP contribution in [-0.4, -0.2) is 4.98 Å². The lowest BCUT2D eigenvalue weighted by atomic mass is 9.77. The van der Waals surface area contributed by atoms with Gasteiger partial charge in [-0.05, 0) is 60.8 Å². The van der Waals surface area contributed by atoms with E-state index in [1.807, 2.05) is 18.3 Å². The monoisotopic (exact) mass is 313 g/mol. The molecular weight excluding hydrogens is 290 g/mol. The SMILES string of the molecule is CCC[C@H]1CC[C@H](c2ccc(-c3ccc(Cl)nc3)cc2)CC1. The van der Waals surface area contributed by atoms with Crippen molar-refractivity contribution in [2.24, 2.45) is 5.92 Å². The Morgan fingerprint density at radius 2 is 1.64 bits per heavy atom. The van der Waals surface area contributed by atoms with Gasteiger partial charge in [0.1, 0.15) is 5.15 Å². The molecule has 1 nitrogen and oxygen atoms in total. The van der Waals surface area contributed by atoms with Gasteiger partial charge in [0, 0.05) is 11.8 Å². The lowest BCUT2D eigenvalue weighted by Crippen LogP contribution is -2.13. The molecule has 3 rings (SSSR count). The molecule has 0 unspecified atom stereocenters. The van der Waals surface area contributed by atoms with Gasteiger partial charge in [-0.25, -0.2) is 4.98 Å². The summed E-state index contributed by atoms with van der Waals surface area (Å²) in [4.78, 5) is 4.16. The van der Waals surface area contributed by atoms with Crippen molar-refractivity contribution in [1.29, 1.82) is 0 Å². The molecule has 1 aliphatic carbocycles. The van der Waals surface area contributed by atoms with Crippen molar-refractivity contribution in [3.05, 3.63) is 53.3 Å². The maximum Gasteiger partial charge on any atom is 0.129 e. The van der Waals surface area contributed by atoms with Crippen LogP contribution in [0.1, 0.15) is 56.9 Å². The average Bonchev–Trinajstić information content (AvgIpc) is 2.57. The fourth-order valence-corrected chi connectivity index (χ4v) is 3.80. The molecule has 0 N–H and O–H groups in total. The van der Waals surface area contributed by atoms with Gasteiger partial charge in [-0.15, -0.1) is 0 Å². The predicted molar refractivity (Wildman–Crippen MR) is 94.3 cm³/mol. The van der Waals surface area contributed by atoms with Gasteiger partial charge in [0.05, 0.1) is 0 Å². The molecule has 1 aromatic heterocycles. The summed E-state index contributed by atoms with van der Waals surface area (Å²) in [6, 6.07) is 12.9. The number of nitrogens with zero attached hydrogens (tertiary/aromatic N) is 1. The third-order valence-electron chi connectivity index (χ3n) is 4.99. The highest BCUT2D eigenvalue weighted by atomic mass is 35.5. The molecule has 1 fully saturated rings. The Morgan fingerprint density at radius 1 is 0.955 bits per heavy atom. The van der Waals surface area contributed by atoms with Gasteiger partial charge in [-0.2, -0.15) is 0 Å². The van der Waals surface area contributed by atoms with E-state index in [1.165, 1.54) is 49.7 Å². The van der Waals surface area contributed by atoms with Crippen LogP contribution in [-0.2, 0) is 0 Å². The second kappa shape index (κ2) is 7.28. The first kappa shape index (κ1) is 15.6. The first-order valence-electron chi connectivity index (χ1n) is 8.48. The molecule has 2 heteroatoms. The Morgan fingerprint density at radius 3 is 2.23 bits per heavy atom. The third kappa shape index (κ3) is 3.70. The molecule has 0 radical (unpaired) electrons. The van der Waals surface area contributed by atoms with Crippen molar-refractivity contribution in [3.63, 3.8) is 0 Å². The van der Waals surface area contributed by atoms with Crippen LogP contribution in [0.3, 0.4) is 0 Å². The topological polar surface area (TPSA) is 12.9 Å². The minimum atomic E-state index is 0.546. The molecule has 0 saturated heterocycles. The molecule has 0 amide bonds. The zero-order chi connectivity index (χ0) is 15.4. The summed E-state index contributed by atoms with van der Waals surface area (Å²) in [5, 5.41) is 0.546. The number of aromatic nitrogens is 1. The van der Waals surface area contributed by atoms with Crippen LogP contribution in [0.15, 0.2) is 42.6 Å². The number of hydrogen-bond donors (Lipinski definition) is 0. The van der Waals surface area contributed by atoms with Crippen molar-refractivity contribution in [2.45, 2.75) is 51.4 Å². The van der Waals surface area contributed by atoms with E-state index in [4.69, 9.17) is 11.6 Å². The molecule has 0 spiro atoms. The van der Waals surface area contributed by atoms with Gasteiger partial charge in [-0.1, -0.05) is 55.6 Å². The van der Waals surface area contributed by atoms with E-state index in [0.29, 0.717) is 5.15 Å². The van der Waals surface area contributed by atoms with Crippen molar-refractivity contribution in [1.82, 2.24) is 4.98 Å². The summed E-state index contributed by atoms with van der Waals surface area (Å²) in [7, 11) is 0. The van der Waals surface area contributed by atoms with E-state index in [0.717, 1.165) is 17.4 Å². The quantitative estimate of drug-likeness (QED) is 0.589. The average molecular weight is 314 g/mol. The summed E-state index contributed by atoms with van der Waals surface area (Å²) in [5.74, 6) is 1.73. The maximum absolute atomic E-state index is 5.85. The number of halogens is 1. The van der Waals surface area contributed by atoms with Gasteiger partial charge in [0.15, 0.2) is 0 Å². The predicted octanol–water partition coefficient (Wildman–Crippen LogP) is 6.48. The Bertz CT molecular complexity index is 580. The molecular formula is C20H24ClN. The summed E-state index contributed by atoms with van der Waals surface area (Å²) in [5.41, 5.74) is 3.84. The smallest absolute Gasteiger partial charge is 0.129 e. The highest BCUT2D eigenvalue weighted by molar-refractivity contribution is 6.29. The largest absolute Gasteiger partial charge is 0.244 e. The second-order valence-corrected chi connectivity index (χ2v) is 6.89. The van der Waals surface area contributed by atoms with Crippen molar-refractivity contribution >= 4 is 11.6 Å². The third-order valence-corrected chi connectivity index (χ3v) is 5.21. The number of benzene rings is 1. The number of rotatable bonds is 4. The van der Waals surface area contributed by atoms with Gasteiger partial charge in [-0.3, -0.25) is 0 Å². The molecule has 0 aliphatic heterocycles. The van der Waals surface area contributed by atoms with Crippen LogP contribution in [0.25, 0.3) is 11.1 Å². The van der Waals surface area contributed by atoms with E-state index in [9.17, 15) is 0 Å². The van der Waals surface area contributed by atoms with Gasteiger partial charge in [0.25, 0.3) is 0 Å². The molecule has 1 aromatic carbocycles. The van der Waals surface area contributed by atoms with Crippen LogP contribution in [0.5, 0.6) is 0 Å². The summed E-state index contributed by atoms with van der Waals surface area (Å²) >= 11 is 5.85. The molecule has 116 valence electrons. The van der Waals surface area contributed by atoms with Gasteiger partial charge >= 0.3 is 0 Å². The molecule has 2 aromatic rings. The number of pyridine rings is 1. The van der Waals surface area contributed by atoms with Gasteiger partial charge in [0.2, 0.25) is 0 Å². The molecule has 0 bridgehead atoms. The van der Waals surface area contributed by atoms with Gasteiger partial charge < -0.3 is 0 Å². The Labute approximate surface area is 138 Å². The van der Waals surface area contributed by atoms with E-state index in [2.05, 4.69) is 36.2 Å². The fourth-order valence-electron chi connectivity index (χ4n) is 3.69. The summed E-state index contributed by atoms with van der Waals surface area (Å²) < 4.78 is 0. The summed E-state index contributed by atoms with van der Waals surface area (Å²) in [6.45, 7) is 2.30. The lowest BCUT2D eigenvalue weighted by molar-refractivity contribution is 0.308. The molecule has 1 heterocycles. The molecule has 0 atom stereocenters. The zero-order valence-corrected chi connectivity index (χ0v) is 14.0. The van der Waals surface area contributed by atoms with Crippen molar-refractivity contribution in [2.75, 3.05) is 0 Å². The fraction of sp³-hybridized carbons (Fsp3) is 0.450. The minimum absolute atomic E-state index is 0.546. The molecule has 1 aliphatic rings.